The van der Waals surface area contributed by atoms with E-state index >= 15 is 0 Å². The van der Waals surface area contributed by atoms with E-state index in [2.05, 4.69) is 20.8 Å². The largest absolute Gasteiger partial charge is 0.395 e. The molecule has 0 aromatic rings. The summed E-state index contributed by atoms with van der Waals surface area (Å²) in [5.74, 6) is 0.935. The second-order valence-corrected chi connectivity index (χ2v) is 3.80. The Kier molecular flexibility index (Phi) is 16.0. The van der Waals surface area contributed by atoms with Crippen LogP contribution >= 0.6 is 0 Å². The Morgan fingerprint density at radius 2 is 1.33 bits per heavy atom. The fraction of sp³-hybridized carbons (Fsp3) is 1.00. The normalized spacial score (nSPS) is 10.4. The molecule has 0 fully saturated rings. The Balaban J connectivity index is 0. The molecule has 2 N–H and O–H groups in total. The summed E-state index contributed by atoms with van der Waals surface area (Å²) in [5.41, 5.74) is 0. The average Bonchev–Trinajstić information content (AvgIpc) is 2.28. The van der Waals surface area contributed by atoms with Crippen LogP contribution < -0.4 is 0 Å². The van der Waals surface area contributed by atoms with Gasteiger partial charge in [-0.1, -0.05) is 40.5 Å². The first-order chi connectivity index (χ1) is 7.15. The minimum absolute atomic E-state index is 0.174. The van der Waals surface area contributed by atoms with Crippen molar-refractivity contribution in [3.05, 3.63) is 0 Å². The first kappa shape index (κ1) is 17.3. The van der Waals surface area contributed by atoms with Crippen molar-refractivity contribution in [3.63, 3.8) is 0 Å². The van der Waals surface area contributed by atoms with E-state index in [1.807, 2.05) is 11.8 Å². The van der Waals surface area contributed by atoms with Crippen LogP contribution in [0.4, 0.5) is 0 Å². The van der Waals surface area contributed by atoms with Gasteiger partial charge in [-0.05, 0) is 12.5 Å². The lowest BCUT2D eigenvalue weighted by Crippen LogP contribution is -2.29. The number of likely N-dealkylation sites (N-methyl/N-ethyl adjacent to an activating group) is 1. The summed E-state index contributed by atoms with van der Waals surface area (Å²) in [4.78, 5) is 1.99. The summed E-state index contributed by atoms with van der Waals surface area (Å²) in [6.07, 6.45) is 2.66. The maximum absolute atomic E-state index is 8.47. The zero-order chi connectivity index (χ0) is 12.1. The van der Waals surface area contributed by atoms with E-state index in [-0.39, 0.29) is 13.2 Å². The highest BCUT2D eigenvalue weighted by atomic mass is 16.3. The first-order valence-electron chi connectivity index (χ1n) is 6.10. The summed E-state index contributed by atoms with van der Waals surface area (Å²) in [6, 6.07) is 0. The van der Waals surface area contributed by atoms with Crippen LogP contribution in [0.1, 0.15) is 40.5 Å². The van der Waals surface area contributed by atoms with Gasteiger partial charge in [-0.25, -0.2) is 0 Å². The van der Waals surface area contributed by atoms with Gasteiger partial charge < -0.3 is 10.2 Å². The molecule has 0 unspecified atom stereocenters. The highest BCUT2D eigenvalue weighted by molar-refractivity contribution is 4.51. The topological polar surface area (TPSA) is 43.7 Å². The van der Waals surface area contributed by atoms with Crippen molar-refractivity contribution in [1.29, 1.82) is 0 Å². The van der Waals surface area contributed by atoms with Gasteiger partial charge in [0.15, 0.2) is 0 Å². The van der Waals surface area contributed by atoms with Crippen molar-refractivity contribution in [2.45, 2.75) is 40.5 Å². The van der Waals surface area contributed by atoms with Crippen LogP contribution in [0, 0.1) is 5.92 Å². The third-order valence-corrected chi connectivity index (χ3v) is 2.67. The smallest absolute Gasteiger partial charge is 0.0558 e. The van der Waals surface area contributed by atoms with Gasteiger partial charge >= 0.3 is 0 Å². The first-order valence-corrected chi connectivity index (χ1v) is 6.10. The average molecular weight is 219 g/mol. The lowest BCUT2D eigenvalue weighted by molar-refractivity contribution is 0.166. The van der Waals surface area contributed by atoms with Crippen LogP contribution in [-0.4, -0.2) is 48.0 Å². The third kappa shape index (κ3) is 13.9. The maximum atomic E-state index is 8.47. The van der Waals surface area contributed by atoms with E-state index in [0.29, 0.717) is 13.1 Å². The second-order valence-electron chi connectivity index (χ2n) is 3.80. The summed E-state index contributed by atoms with van der Waals surface area (Å²) in [5, 5.41) is 16.9. The zero-order valence-electron chi connectivity index (χ0n) is 10.9. The lowest BCUT2D eigenvalue weighted by atomic mass is 10.1. The number of aliphatic hydroxyl groups is 2. The van der Waals surface area contributed by atoms with Crippen LogP contribution in [0.15, 0.2) is 0 Å². The molecule has 0 aromatic carbocycles. The molecule has 15 heavy (non-hydrogen) atoms. The fourth-order valence-electron chi connectivity index (χ4n) is 1.000. The molecule has 3 heteroatoms. The molecule has 3 nitrogen and oxygen atoms in total. The number of hydrogen-bond donors (Lipinski definition) is 2. The van der Waals surface area contributed by atoms with Crippen LogP contribution in [-0.2, 0) is 0 Å². The standard InChI is InChI=1S/C6H15NO2.C6H14/c1-2-7(3-5-8)4-6-9;1-4-6(3)5-2/h8-9H,2-6H2,1H3;6H,4-5H2,1-3H3. The van der Waals surface area contributed by atoms with Gasteiger partial charge in [0.25, 0.3) is 0 Å². The van der Waals surface area contributed by atoms with Crippen LogP contribution in [0.5, 0.6) is 0 Å². The van der Waals surface area contributed by atoms with Crippen molar-refractivity contribution in [1.82, 2.24) is 4.90 Å². The summed E-state index contributed by atoms with van der Waals surface area (Å²) >= 11 is 0. The van der Waals surface area contributed by atoms with Crippen LogP contribution in [0.25, 0.3) is 0 Å². The second kappa shape index (κ2) is 13.9. The molecule has 0 amide bonds. The maximum Gasteiger partial charge on any atom is 0.0558 e. The Hall–Kier alpha value is -0.120. The number of rotatable bonds is 7. The van der Waals surface area contributed by atoms with Crippen molar-refractivity contribution in [3.8, 4) is 0 Å². The van der Waals surface area contributed by atoms with E-state index in [4.69, 9.17) is 10.2 Å². The highest BCUT2D eigenvalue weighted by Gasteiger charge is 1.97. The fourth-order valence-corrected chi connectivity index (χ4v) is 1.000. The molecule has 0 bridgehead atoms. The monoisotopic (exact) mass is 219 g/mol. The molecule has 0 saturated carbocycles. The minimum atomic E-state index is 0.174. The zero-order valence-corrected chi connectivity index (χ0v) is 10.9. The van der Waals surface area contributed by atoms with E-state index in [1.54, 1.807) is 0 Å². The molecule has 0 saturated heterocycles. The molecule has 0 aliphatic carbocycles. The summed E-state index contributed by atoms with van der Waals surface area (Å²) in [6.45, 7) is 11.3. The Morgan fingerprint density at radius 3 is 1.47 bits per heavy atom. The van der Waals surface area contributed by atoms with Crippen molar-refractivity contribution in [2.24, 2.45) is 5.92 Å². The molecule has 94 valence electrons. The summed E-state index contributed by atoms with van der Waals surface area (Å²) < 4.78 is 0. The number of hydrogen-bond acceptors (Lipinski definition) is 3. The number of nitrogens with zero attached hydrogens (tertiary/aromatic N) is 1. The molecule has 0 aromatic heterocycles. The van der Waals surface area contributed by atoms with Crippen LogP contribution in [0.2, 0.25) is 0 Å². The Morgan fingerprint density at radius 1 is 0.933 bits per heavy atom. The van der Waals surface area contributed by atoms with Gasteiger partial charge in [0.1, 0.15) is 0 Å². The van der Waals surface area contributed by atoms with Crippen LogP contribution in [0.3, 0.4) is 0 Å². The lowest BCUT2D eigenvalue weighted by Gasteiger charge is -2.16. The van der Waals surface area contributed by atoms with E-state index in [0.717, 1.165) is 12.5 Å². The summed E-state index contributed by atoms with van der Waals surface area (Å²) in [7, 11) is 0. The highest BCUT2D eigenvalue weighted by Crippen LogP contribution is 2.02. The molecule has 0 aliphatic heterocycles. The van der Waals surface area contributed by atoms with Gasteiger partial charge in [-0.15, -0.1) is 0 Å². The van der Waals surface area contributed by atoms with E-state index < -0.39 is 0 Å². The Bertz CT molecular complexity index is 99.8. The predicted octanol–water partition coefficient (Wildman–Crippen LogP) is 1.74. The Labute approximate surface area is 95.1 Å². The molecule has 0 heterocycles. The van der Waals surface area contributed by atoms with Gasteiger partial charge in [-0.3, -0.25) is 4.90 Å². The number of aliphatic hydroxyl groups excluding tert-OH is 2. The molecular weight excluding hydrogens is 190 g/mol. The van der Waals surface area contributed by atoms with Gasteiger partial charge in [0.05, 0.1) is 13.2 Å². The molecule has 0 spiro atoms. The molecule has 0 rings (SSSR count). The molecule has 0 aliphatic rings. The van der Waals surface area contributed by atoms with E-state index in [1.165, 1.54) is 12.8 Å². The van der Waals surface area contributed by atoms with Crippen molar-refractivity contribution < 1.29 is 10.2 Å². The molecular formula is C12H29NO2. The third-order valence-electron chi connectivity index (χ3n) is 2.67. The van der Waals surface area contributed by atoms with E-state index in [9.17, 15) is 0 Å². The SMILES string of the molecule is CCC(C)CC.CCN(CCO)CCO. The van der Waals surface area contributed by atoms with Crippen molar-refractivity contribution in [2.75, 3.05) is 32.8 Å². The molecule has 0 atom stereocenters. The van der Waals surface area contributed by atoms with Gasteiger partial charge in [-0.2, -0.15) is 0 Å². The minimum Gasteiger partial charge on any atom is -0.395 e. The molecule has 0 radical (unpaired) electrons. The van der Waals surface area contributed by atoms with Gasteiger partial charge in [0.2, 0.25) is 0 Å². The quantitative estimate of drug-likeness (QED) is 0.685. The van der Waals surface area contributed by atoms with Gasteiger partial charge in [0, 0.05) is 13.1 Å². The van der Waals surface area contributed by atoms with Crippen molar-refractivity contribution >= 4 is 0 Å². The predicted molar refractivity (Wildman–Crippen MR) is 66.0 cm³/mol.